The molecule has 5 nitrogen and oxygen atoms in total. The summed E-state index contributed by atoms with van der Waals surface area (Å²) in [6, 6.07) is 1.94. The van der Waals surface area contributed by atoms with Gasteiger partial charge in [-0.1, -0.05) is 19.3 Å². The van der Waals surface area contributed by atoms with Gasteiger partial charge in [0, 0.05) is 44.5 Å². The van der Waals surface area contributed by atoms with Gasteiger partial charge in [0.2, 0.25) is 11.8 Å². The van der Waals surface area contributed by atoms with Crippen LogP contribution in [0.25, 0.3) is 0 Å². The number of hydrogen-bond acceptors (Lipinski definition) is 2. The van der Waals surface area contributed by atoms with Crippen LogP contribution in [0.4, 0.5) is 0 Å². The normalized spacial score (nSPS) is 20.3. The molecule has 0 bridgehead atoms. The van der Waals surface area contributed by atoms with E-state index in [1.807, 2.05) is 28.3 Å². The van der Waals surface area contributed by atoms with Crippen LogP contribution in [0, 0.1) is 5.92 Å². The SMILES string of the molecule is O=C(Cc1cc[nH]c1)N1CCCN(C(=O)C2CCCCC2)CC1. The molecule has 0 atom stereocenters. The molecule has 126 valence electrons. The zero-order valence-corrected chi connectivity index (χ0v) is 13.8. The highest BCUT2D eigenvalue weighted by Crippen LogP contribution is 2.25. The number of hydrogen-bond donors (Lipinski definition) is 1. The van der Waals surface area contributed by atoms with E-state index in [-0.39, 0.29) is 11.8 Å². The highest BCUT2D eigenvalue weighted by molar-refractivity contribution is 5.80. The van der Waals surface area contributed by atoms with E-state index in [4.69, 9.17) is 0 Å². The Morgan fingerprint density at radius 3 is 2.48 bits per heavy atom. The predicted molar refractivity (Wildman–Crippen MR) is 88.8 cm³/mol. The van der Waals surface area contributed by atoms with E-state index >= 15 is 0 Å². The van der Waals surface area contributed by atoms with Crippen molar-refractivity contribution in [2.24, 2.45) is 5.92 Å². The minimum atomic E-state index is 0.163. The number of carbonyl (C=O) groups excluding carboxylic acids is 2. The van der Waals surface area contributed by atoms with Gasteiger partial charge >= 0.3 is 0 Å². The lowest BCUT2D eigenvalue weighted by Crippen LogP contribution is -2.40. The molecule has 2 amide bonds. The molecule has 2 aliphatic rings. The minimum absolute atomic E-state index is 0.163. The summed E-state index contributed by atoms with van der Waals surface area (Å²) >= 11 is 0. The van der Waals surface area contributed by atoms with Gasteiger partial charge in [0.05, 0.1) is 6.42 Å². The lowest BCUT2D eigenvalue weighted by Gasteiger charge is -2.28. The maximum absolute atomic E-state index is 12.7. The second kappa shape index (κ2) is 7.66. The monoisotopic (exact) mass is 317 g/mol. The number of H-pyrrole nitrogens is 1. The van der Waals surface area contributed by atoms with Crippen molar-refractivity contribution < 1.29 is 9.59 Å². The second-order valence-electron chi connectivity index (χ2n) is 6.79. The molecule has 2 heterocycles. The zero-order valence-electron chi connectivity index (χ0n) is 13.8. The summed E-state index contributed by atoms with van der Waals surface area (Å²) in [4.78, 5) is 32.0. The molecular weight excluding hydrogens is 290 g/mol. The first-order valence-electron chi connectivity index (χ1n) is 8.92. The second-order valence-corrected chi connectivity index (χ2v) is 6.79. The zero-order chi connectivity index (χ0) is 16.1. The molecule has 1 aromatic heterocycles. The Kier molecular flexibility index (Phi) is 5.36. The molecule has 3 rings (SSSR count). The highest BCUT2D eigenvalue weighted by atomic mass is 16.2. The largest absolute Gasteiger partial charge is 0.367 e. The van der Waals surface area contributed by atoms with Gasteiger partial charge in [-0.05, 0) is 30.9 Å². The predicted octanol–water partition coefficient (Wildman–Crippen LogP) is 2.20. The summed E-state index contributed by atoms with van der Waals surface area (Å²) in [6.07, 6.45) is 10.8. The van der Waals surface area contributed by atoms with E-state index < -0.39 is 0 Å². The lowest BCUT2D eigenvalue weighted by molar-refractivity contribution is -0.137. The Bertz CT molecular complexity index is 520. The van der Waals surface area contributed by atoms with Crippen LogP contribution < -0.4 is 0 Å². The van der Waals surface area contributed by atoms with Gasteiger partial charge in [-0.2, -0.15) is 0 Å². The van der Waals surface area contributed by atoms with Gasteiger partial charge in [-0.25, -0.2) is 0 Å². The number of nitrogens with zero attached hydrogens (tertiary/aromatic N) is 2. The van der Waals surface area contributed by atoms with Crippen molar-refractivity contribution in [3.8, 4) is 0 Å². The maximum atomic E-state index is 12.7. The third-order valence-corrected chi connectivity index (χ3v) is 5.13. The molecule has 1 saturated heterocycles. The minimum Gasteiger partial charge on any atom is -0.367 e. The number of rotatable bonds is 3. The van der Waals surface area contributed by atoms with Gasteiger partial charge in [0.25, 0.3) is 0 Å². The molecule has 1 aliphatic carbocycles. The van der Waals surface area contributed by atoms with Crippen LogP contribution in [0.15, 0.2) is 18.5 Å². The molecule has 0 unspecified atom stereocenters. The molecule has 0 aromatic carbocycles. The Morgan fingerprint density at radius 1 is 1.00 bits per heavy atom. The number of carbonyl (C=O) groups is 2. The average Bonchev–Trinajstić information content (AvgIpc) is 2.96. The fraction of sp³-hybridized carbons (Fsp3) is 0.667. The lowest BCUT2D eigenvalue weighted by atomic mass is 9.88. The van der Waals surface area contributed by atoms with Crippen molar-refractivity contribution in [3.63, 3.8) is 0 Å². The first-order valence-corrected chi connectivity index (χ1v) is 8.92. The summed E-state index contributed by atoms with van der Waals surface area (Å²) in [5.41, 5.74) is 1.02. The molecule has 0 spiro atoms. The van der Waals surface area contributed by atoms with Crippen molar-refractivity contribution in [3.05, 3.63) is 24.0 Å². The van der Waals surface area contributed by atoms with E-state index in [9.17, 15) is 9.59 Å². The third-order valence-electron chi connectivity index (χ3n) is 5.13. The van der Waals surface area contributed by atoms with Crippen LogP contribution in [0.2, 0.25) is 0 Å². The van der Waals surface area contributed by atoms with E-state index in [0.29, 0.717) is 25.4 Å². The molecular formula is C18H27N3O2. The summed E-state index contributed by atoms with van der Waals surface area (Å²) in [5.74, 6) is 0.715. The van der Waals surface area contributed by atoms with Gasteiger partial charge in [-0.15, -0.1) is 0 Å². The van der Waals surface area contributed by atoms with Gasteiger partial charge in [0.15, 0.2) is 0 Å². The Hall–Kier alpha value is -1.78. The van der Waals surface area contributed by atoms with Crippen molar-refractivity contribution in [2.75, 3.05) is 26.2 Å². The van der Waals surface area contributed by atoms with Crippen molar-refractivity contribution in [1.82, 2.24) is 14.8 Å². The smallest absolute Gasteiger partial charge is 0.227 e. The molecule has 2 fully saturated rings. The fourth-order valence-corrected chi connectivity index (χ4v) is 3.75. The van der Waals surface area contributed by atoms with E-state index in [0.717, 1.165) is 37.9 Å². The standard InChI is InChI=1S/C18H27N3O2/c22-17(13-15-7-8-19-14-15)20-9-4-10-21(12-11-20)18(23)16-5-2-1-3-6-16/h7-8,14,16,19H,1-6,9-13H2. The number of aromatic nitrogens is 1. The number of nitrogens with one attached hydrogen (secondary N) is 1. The fourth-order valence-electron chi connectivity index (χ4n) is 3.75. The Balaban J connectivity index is 1.52. The summed E-state index contributed by atoms with van der Waals surface area (Å²) in [7, 11) is 0. The van der Waals surface area contributed by atoms with E-state index in [1.165, 1.54) is 19.3 Å². The summed E-state index contributed by atoms with van der Waals surface area (Å²) < 4.78 is 0. The highest BCUT2D eigenvalue weighted by Gasteiger charge is 2.28. The van der Waals surface area contributed by atoms with Crippen molar-refractivity contribution >= 4 is 11.8 Å². The first-order chi connectivity index (χ1) is 11.2. The van der Waals surface area contributed by atoms with E-state index in [1.54, 1.807) is 0 Å². The average molecular weight is 317 g/mol. The van der Waals surface area contributed by atoms with Crippen LogP contribution in [-0.2, 0) is 16.0 Å². The maximum Gasteiger partial charge on any atom is 0.227 e. The quantitative estimate of drug-likeness (QED) is 0.929. The van der Waals surface area contributed by atoms with Crippen LogP contribution in [0.1, 0.15) is 44.1 Å². The molecule has 1 saturated carbocycles. The molecule has 23 heavy (non-hydrogen) atoms. The van der Waals surface area contributed by atoms with Crippen LogP contribution in [0.5, 0.6) is 0 Å². The van der Waals surface area contributed by atoms with Crippen LogP contribution >= 0.6 is 0 Å². The topological polar surface area (TPSA) is 56.4 Å². The van der Waals surface area contributed by atoms with Gasteiger partial charge < -0.3 is 14.8 Å². The van der Waals surface area contributed by atoms with E-state index in [2.05, 4.69) is 4.98 Å². The van der Waals surface area contributed by atoms with Crippen molar-refractivity contribution in [2.45, 2.75) is 44.9 Å². The molecule has 1 N–H and O–H groups in total. The summed E-state index contributed by atoms with van der Waals surface area (Å²) in [5, 5.41) is 0. The van der Waals surface area contributed by atoms with Crippen LogP contribution in [0.3, 0.4) is 0 Å². The van der Waals surface area contributed by atoms with Crippen LogP contribution in [-0.4, -0.2) is 52.8 Å². The van der Waals surface area contributed by atoms with Crippen molar-refractivity contribution in [1.29, 1.82) is 0 Å². The number of amides is 2. The van der Waals surface area contributed by atoms with Gasteiger partial charge in [0.1, 0.15) is 0 Å². The Labute approximate surface area is 138 Å². The molecule has 1 aliphatic heterocycles. The molecule has 5 heteroatoms. The molecule has 1 aromatic rings. The third kappa shape index (κ3) is 4.15. The first kappa shape index (κ1) is 16.1. The van der Waals surface area contributed by atoms with Gasteiger partial charge in [-0.3, -0.25) is 9.59 Å². The number of aromatic amines is 1. The summed E-state index contributed by atoms with van der Waals surface area (Å²) in [6.45, 7) is 2.91. The molecule has 0 radical (unpaired) electrons. The Morgan fingerprint density at radius 2 is 1.74 bits per heavy atom.